The average Bonchev–Trinajstić information content (AvgIpc) is 3.72. The number of likely N-dealkylation sites (N-methyl/N-ethyl adjacent to an activating group) is 1. The van der Waals surface area contributed by atoms with Crippen molar-refractivity contribution in [3.63, 3.8) is 0 Å². The van der Waals surface area contributed by atoms with Gasteiger partial charge in [0.25, 0.3) is 0 Å². The summed E-state index contributed by atoms with van der Waals surface area (Å²) in [5, 5.41) is 3.17. The van der Waals surface area contributed by atoms with Crippen molar-refractivity contribution in [2.24, 2.45) is 5.92 Å². The molecule has 2 aromatic carbocycles. The summed E-state index contributed by atoms with van der Waals surface area (Å²) in [4.78, 5) is 14.1. The lowest BCUT2D eigenvalue weighted by Crippen LogP contribution is -2.38. The molecule has 1 N–H and O–H groups in total. The summed E-state index contributed by atoms with van der Waals surface area (Å²) in [6.07, 6.45) is 7.59. The number of nitrogens with one attached hydrogen (secondary N) is 1. The van der Waals surface area contributed by atoms with Gasteiger partial charge < -0.3 is 5.32 Å². The van der Waals surface area contributed by atoms with E-state index in [4.69, 9.17) is 11.6 Å². The molecule has 0 heterocycles. The van der Waals surface area contributed by atoms with Gasteiger partial charge in [0.2, 0.25) is 15.9 Å². The van der Waals surface area contributed by atoms with Crippen LogP contribution in [0.15, 0.2) is 53.4 Å². The Morgan fingerprint density at radius 2 is 1.52 bits per heavy atom. The number of hydrogen-bond donors (Lipinski definition) is 1. The smallest absolute Gasteiger partial charge is 0.243 e. The van der Waals surface area contributed by atoms with Gasteiger partial charge in [-0.1, -0.05) is 78.3 Å². The van der Waals surface area contributed by atoms with Crippen LogP contribution >= 0.6 is 11.6 Å². The first-order chi connectivity index (χ1) is 18.9. The van der Waals surface area contributed by atoms with Crippen LogP contribution in [0.3, 0.4) is 0 Å². The Hall–Kier alpha value is -2.00. The quantitative estimate of drug-likeness (QED) is 0.283. The van der Waals surface area contributed by atoms with Crippen LogP contribution in [-0.4, -0.2) is 56.8 Å². The van der Waals surface area contributed by atoms with Crippen molar-refractivity contribution in [1.82, 2.24) is 9.21 Å². The minimum Gasteiger partial charge on any atom is -0.325 e. The second kappa shape index (κ2) is 20.8. The number of rotatable bonds is 11. The fraction of sp³-hybridized carbons (Fsp3) is 0.581. The monoisotopic (exact) mass is 599 g/mol. The molecule has 9 heteroatoms. The third-order valence-electron chi connectivity index (χ3n) is 6.15. The number of sulfonamides is 1. The second-order valence-electron chi connectivity index (χ2n) is 9.94. The number of carbonyl (C=O) groups excluding carboxylic acids is 1. The molecule has 1 saturated carbocycles. The highest BCUT2D eigenvalue weighted by Crippen LogP contribution is 2.26. The molecule has 0 saturated heterocycles. The fourth-order valence-electron chi connectivity index (χ4n) is 3.18. The van der Waals surface area contributed by atoms with Crippen molar-refractivity contribution in [2.75, 3.05) is 32.5 Å². The van der Waals surface area contributed by atoms with Gasteiger partial charge in [-0.05, 0) is 81.4 Å². The van der Waals surface area contributed by atoms with Crippen LogP contribution in [0.1, 0.15) is 80.1 Å². The number of benzene rings is 2. The molecule has 1 atom stereocenters. The summed E-state index contributed by atoms with van der Waals surface area (Å²) in [5.74, 6) is 0.487. The lowest BCUT2D eigenvalue weighted by molar-refractivity contribution is -0.117. The first-order valence-corrected chi connectivity index (χ1v) is 16.2. The molecular formula is C31H51ClFN3O3S. The highest BCUT2D eigenvalue weighted by Gasteiger charge is 2.25. The van der Waals surface area contributed by atoms with Crippen LogP contribution in [0, 0.1) is 11.7 Å². The Labute approximate surface area is 248 Å². The molecule has 1 fully saturated rings. The van der Waals surface area contributed by atoms with E-state index < -0.39 is 10.0 Å². The lowest BCUT2D eigenvalue weighted by atomic mass is 10.2. The first-order valence-electron chi connectivity index (χ1n) is 14.4. The zero-order valence-electron chi connectivity index (χ0n) is 25.7. The van der Waals surface area contributed by atoms with Crippen LogP contribution in [-0.2, 0) is 14.8 Å². The topological polar surface area (TPSA) is 69.7 Å². The number of amides is 1. The van der Waals surface area contributed by atoms with E-state index in [1.807, 2.05) is 20.8 Å². The maximum atomic E-state index is 12.9. The summed E-state index contributed by atoms with van der Waals surface area (Å²) in [5.41, 5.74) is 0.520. The normalized spacial score (nSPS) is 13.2. The zero-order chi connectivity index (χ0) is 30.7. The molecule has 0 aliphatic heterocycles. The molecule has 228 valence electrons. The van der Waals surface area contributed by atoms with Crippen LogP contribution < -0.4 is 5.32 Å². The van der Waals surface area contributed by atoms with E-state index in [-0.39, 0.29) is 29.2 Å². The van der Waals surface area contributed by atoms with Crippen LogP contribution in [0.2, 0.25) is 5.02 Å². The highest BCUT2D eigenvalue weighted by molar-refractivity contribution is 7.89. The number of carbonyl (C=O) groups is 1. The Bertz CT molecular complexity index is 1040. The Morgan fingerprint density at radius 3 is 1.95 bits per heavy atom. The number of halogens is 2. The van der Waals surface area contributed by atoms with Crippen molar-refractivity contribution in [3.8, 4) is 0 Å². The van der Waals surface area contributed by atoms with E-state index in [0.717, 1.165) is 5.92 Å². The third-order valence-corrected chi connectivity index (χ3v) is 8.39. The van der Waals surface area contributed by atoms with E-state index in [1.54, 1.807) is 24.1 Å². The molecule has 0 radical (unpaired) electrons. The van der Waals surface area contributed by atoms with E-state index in [1.165, 1.54) is 79.9 Å². The van der Waals surface area contributed by atoms with Gasteiger partial charge in [-0.15, -0.1) is 0 Å². The molecule has 0 spiro atoms. The molecule has 1 unspecified atom stereocenters. The predicted octanol–water partition coefficient (Wildman–Crippen LogP) is 8.09. The summed E-state index contributed by atoms with van der Waals surface area (Å²) in [7, 11) is -0.304. The Balaban J connectivity index is 0.00000116. The van der Waals surface area contributed by atoms with Gasteiger partial charge in [0.1, 0.15) is 5.82 Å². The summed E-state index contributed by atoms with van der Waals surface area (Å²) in [6, 6.07) is 11.3. The van der Waals surface area contributed by atoms with Crippen LogP contribution in [0.25, 0.3) is 0 Å². The first kappa shape index (κ1) is 38.0. The van der Waals surface area contributed by atoms with Gasteiger partial charge >= 0.3 is 0 Å². The average molecular weight is 600 g/mol. The summed E-state index contributed by atoms with van der Waals surface area (Å²) in [6.45, 7) is 13.2. The molecule has 2 aromatic rings. The van der Waals surface area contributed by atoms with Crippen molar-refractivity contribution >= 4 is 33.2 Å². The fourth-order valence-corrected chi connectivity index (χ4v) is 4.69. The SMILES string of the molecule is CC.CC(CCN(C)CC(=O)Nc1ccc(F)cc1)N(C)S(=O)(=O)c1ccc(Cl)cc1.CC1CC1.CCCCC. The van der Waals surface area contributed by atoms with Crippen molar-refractivity contribution < 1.29 is 17.6 Å². The molecule has 1 aliphatic rings. The molecule has 3 rings (SSSR count). The lowest BCUT2D eigenvalue weighted by Gasteiger charge is -2.26. The van der Waals surface area contributed by atoms with Crippen LogP contribution in [0.4, 0.5) is 10.1 Å². The minimum atomic E-state index is -3.62. The van der Waals surface area contributed by atoms with Crippen molar-refractivity contribution in [1.29, 1.82) is 0 Å². The molecule has 40 heavy (non-hydrogen) atoms. The van der Waals surface area contributed by atoms with E-state index in [2.05, 4.69) is 26.1 Å². The molecule has 6 nitrogen and oxygen atoms in total. The predicted molar refractivity (Wildman–Crippen MR) is 168 cm³/mol. The highest BCUT2D eigenvalue weighted by atomic mass is 35.5. The standard InChI is InChI=1S/C20H25ClFN3O3S.C5H12.C4H8.C2H6/c1-15(25(3)29(27,28)19-10-4-16(21)5-11-19)12-13-24(2)14-20(26)23-18-8-6-17(22)7-9-18;1-3-5-4-2;1-4-2-3-4;1-2/h4-11,15H,12-14H2,1-3H3,(H,23,26);3-5H2,1-2H3;4H,2-3H2,1H3;1-2H3. The van der Waals surface area contributed by atoms with Gasteiger partial charge in [-0.3, -0.25) is 9.69 Å². The van der Waals surface area contributed by atoms with E-state index in [0.29, 0.717) is 23.7 Å². The number of hydrogen-bond acceptors (Lipinski definition) is 4. The zero-order valence-corrected chi connectivity index (χ0v) is 27.3. The molecule has 0 bridgehead atoms. The summed E-state index contributed by atoms with van der Waals surface area (Å²) >= 11 is 5.82. The second-order valence-corrected chi connectivity index (χ2v) is 12.4. The Morgan fingerprint density at radius 1 is 1.02 bits per heavy atom. The maximum absolute atomic E-state index is 12.9. The Kier molecular flexibility index (Phi) is 19.8. The van der Waals surface area contributed by atoms with Gasteiger partial charge in [0.05, 0.1) is 11.4 Å². The number of unbranched alkanes of at least 4 members (excludes halogenated alkanes) is 2. The van der Waals surface area contributed by atoms with Gasteiger partial charge in [-0.25, -0.2) is 12.8 Å². The van der Waals surface area contributed by atoms with Gasteiger partial charge in [0, 0.05) is 23.8 Å². The minimum absolute atomic E-state index is 0.137. The number of anilines is 1. The molecule has 1 aliphatic carbocycles. The largest absolute Gasteiger partial charge is 0.325 e. The van der Waals surface area contributed by atoms with Crippen molar-refractivity contribution in [2.45, 2.75) is 91.0 Å². The molecule has 1 amide bonds. The van der Waals surface area contributed by atoms with Crippen LogP contribution in [0.5, 0.6) is 0 Å². The van der Waals surface area contributed by atoms with E-state index >= 15 is 0 Å². The molecule has 0 aromatic heterocycles. The van der Waals surface area contributed by atoms with Gasteiger partial charge in [0.15, 0.2) is 0 Å². The summed E-state index contributed by atoms with van der Waals surface area (Å²) < 4.78 is 39.7. The third kappa shape index (κ3) is 16.3. The maximum Gasteiger partial charge on any atom is 0.243 e. The molecular weight excluding hydrogens is 549 g/mol. The van der Waals surface area contributed by atoms with E-state index in [9.17, 15) is 17.6 Å². The number of nitrogens with zero attached hydrogens (tertiary/aromatic N) is 2. The van der Waals surface area contributed by atoms with Gasteiger partial charge in [-0.2, -0.15) is 4.31 Å². The van der Waals surface area contributed by atoms with Crippen molar-refractivity contribution in [3.05, 3.63) is 59.4 Å².